The van der Waals surface area contributed by atoms with Gasteiger partial charge in [-0.2, -0.15) is 13.2 Å². The number of benzene rings is 1. The van der Waals surface area contributed by atoms with Gasteiger partial charge in [-0.15, -0.1) is 0 Å². The van der Waals surface area contributed by atoms with E-state index in [1.807, 2.05) is 0 Å². The van der Waals surface area contributed by atoms with E-state index in [4.69, 9.17) is 4.74 Å². The molecule has 0 aliphatic carbocycles. The quantitative estimate of drug-likeness (QED) is 0.664. The topological polar surface area (TPSA) is 30.3 Å². The van der Waals surface area contributed by atoms with Crippen molar-refractivity contribution in [1.29, 1.82) is 0 Å². The van der Waals surface area contributed by atoms with Crippen molar-refractivity contribution in [1.82, 2.24) is 0 Å². The predicted octanol–water partition coefficient (Wildman–Crippen LogP) is -0.208. The molecule has 0 amide bonds. The maximum atomic E-state index is 12.5. The largest absolute Gasteiger partial charge is 0.488 e. The van der Waals surface area contributed by atoms with Gasteiger partial charge in [-0.1, -0.05) is 6.07 Å². The summed E-state index contributed by atoms with van der Waals surface area (Å²) in [6.07, 6.45) is -4.32. The van der Waals surface area contributed by atoms with Crippen molar-refractivity contribution < 1.29 is 28.1 Å². The van der Waals surface area contributed by atoms with E-state index in [0.717, 1.165) is 31.8 Å². The molecule has 0 saturated heterocycles. The average Bonchev–Trinajstić information content (AvgIpc) is 2.32. The standard InChI is InChI=1S/C13H19F3N2O/c1-18(2)8-6-17-7-9-19-12-5-3-4-11(10-12)13(14,15)16/h3-5,10,17H,6-9H2,1-2H3/p+2. The highest BCUT2D eigenvalue weighted by Crippen LogP contribution is 2.31. The minimum Gasteiger partial charge on any atom is -0.488 e. The molecule has 0 heterocycles. The molecule has 0 saturated carbocycles. The highest BCUT2D eigenvalue weighted by atomic mass is 19.4. The normalized spacial score (nSPS) is 11.9. The molecule has 1 rings (SSSR count). The summed E-state index contributed by atoms with van der Waals surface area (Å²) in [6, 6.07) is 4.97. The lowest BCUT2D eigenvalue weighted by atomic mass is 10.2. The van der Waals surface area contributed by atoms with Gasteiger partial charge in [0.2, 0.25) is 0 Å². The van der Waals surface area contributed by atoms with Crippen LogP contribution in [-0.4, -0.2) is 40.3 Å². The van der Waals surface area contributed by atoms with Crippen LogP contribution in [0.2, 0.25) is 0 Å². The zero-order valence-electron chi connectivity index (χ0n) is 11.3. The maximum Gasteiger partial charge on any atom is 0.416 e. The van der Waals surface area contributed by atoms with E-state index in [-0.39, 0.29) is 5.75 Å². The minimum absolute atomic E-state index is 0.265. The summed E-state index contributed by atoms with van der Waals surface area (Å²) >= 11 is 0. The molecule has 3 nitrogen and oxygen atoms in total. The van der Waals surface area contributed by atoms with Crippen molar-refractivity contribution in [3.8, 4) is 5.75 Å². The number of likely N-dealkylation sites (N-methyl/N-ethyl adjacent to an activating group) is 1. The van der Waals surface area contributed by atoms with Crippen molar-refractivity contribution >= 4 is 0 Å². The number of alkyl halides is 3. The number of rotatable bonds is 7. The molecular weight excluding hydrogens is 257 g/mol. The van der Waals surface area contributed by atoms with Crippen molar-refractivity contribution in [3.05, 3.63) is 29.8 Å². The second-order valence-electron chi connectivity index (χ2n) is 4.70. The highest BCUT2D eigenvalue weighted by Gasteiger charge is 2.30. The fourth-order valence-corrected chi connectivity index (χ4v) is 1.56. The first kappa shape index (κ1) is 15.8. The van der Waals surface area contributed by atoms with Crippen LogP contribution in [0.4, 0.5) is 13.2 Å². The first-order valence-electron chi connectivity index (χ1n) is 6.30. The molecule has 0 unspecified atom stereocenters. The molecule has 6 heteroatoms. The summed E-state index contributed by atoms with van der Waals surface area (Å²) < 4.78 is 42.7. The minimum atomic E-state index is -4.32. The van der Waals surface area contributed by atoms with Crippen molar-refractivity contribution in [2.45, 2.75) is 6.18 Å². The molecule has 0 radical (unpaired) electrons. The Morgan fingerprint density at radius 3 is 2.58 bits per heavy atom. The molecule has 19 heavy (non-hydrogen) atoms. The van der Waals surface area contributed by atoms with Crippen LogP contribution in [0.15, 0.2) is 24.3 Å². The predicted molar refractivity (Wildman–Crippen MR) is 66.3 cm³/mol. The van der Waals surface area contributed by atoms with Gasteiger partial charge in [0, 0.05) is 0 Å². The number of hydrogen-bond donors (Lipinski definition) is 2. The van der Waals surface area contributed by atoms with E-state index in [0.29, 0.717) is 6.61 Å². The highest BCUT2D eigenvalue weighted by molar-refractivity contribution is 5.30. The molecule has 0 aromatic heterocycles. The molecular formula is C13H21F3N2O+2. The Labute approximate surface area is 111 Å². The second-order valence-corrected chi connectivity index (χ2v) is 4.70. The van der Waals surface area contributed by atoms with E-state index in [2.05, 4.69) is 19.4 Å². The van der Waals surface area contributed by atoms with Crippen molar-refractivity contribution in [3.63, 3.8) is 0 Å². The fourth-order valence-electron chi connectivity index (χ4n) is 1.56. The number of halogens is 3. The Kier molecular flexibility index (Phi) is 6.11. The Bertz CT molecular complexity index is 380. The zero-order valence-corrected chi connectivity index (χ0v) is 11.3. The Balaban J connectivity index is 2.30. The third-order valence-corrected chi connectivity index (χ3v) is 2.60. The van der Waals surface area contributed by atoms with Gasteiger partial charge in [-0.25, -0.2) is 0 Å². The van der Waals surface area contributed by atoms with Gasteiger partial charge in [0.25, 0.3) is 0 Å². The smallest absolute Gasteiger partial charge is 0.416 e. The van der Waals surface area contributed by atoms with Gasteiger partial charge < -0.3 is 15.0 Å². The van der Waals surface area contributed by atoms with Crippen molar-refractivity contribution in [2.24, 2.45) is 0 Å². The SMILES string of the molecule is C[NH+](C)CC[NH2+]CCOc1cccc(C(F)(F)F)c1. The van der Waals surface area contributed by atoms with Crippen LogP contribution in [0.5, 0.6) is 5.75 Å². The van der Waals surface area contributed by atoms with Gasteiger partial charge in [0.15, 0.2) is 0 Å². The monoisotopic (exact) mass is 278 g/mol. The second kappa shape index (κ2) is 7.35. The summed E-state index contributed by atoms with van der Waals surface area (Å²) in [6.45, 7) is 3.17. The molecule has 1 aromatic carbocycles. The third-order valence-electron chi connectivity index (χ3n) is 2.60. The molecule has 0 aliphatic heterocycles. The third kappa shape index (κ3) is 6.45. The maximum absolute atomic E-state index is 12.5. The van der Waals surface area contributed by atoms with Crippen LogP contribution in [0.3, 0.4) is 0 Å². The van der Waals surface area contributed by atoms with E-state index in [1.54, 1.807) is 6.07 Å². The Morgan fingerprint density at radius 2 is 1.95 bits per heavy atom. The molecule has 0 atom stereocenters. The molecule has 0 aliphatic rings. The van der Waals surface area contributed by atoms with Crippen LogP contribution in [-0.2, 0) is 6.18 Å². The molecule has 0 fully saturated rings. The van der Waals surface area contributed by atoms with E-state index < -0.39 is 11.7 Å². The van der Waals surface area contributed by atoms with E-state index in [1.165, 1.54) is 11.0 Å². The lowest BCUT2D eigenvalue weighted by molar-refractivity contribution is -0.874. The zero-order chi connectivity index (χ0) is 14.3. The van der Waals surface area contributed by atoms with Crippen LogP contribution in [0, 0.1) is 0 Å². The first-order valence-corrected chi connectivity index (χ1v) is 6.30. The molecule has 108 valence electrons. The Morgan fingerprint density at radius 1 is 1.21 bits per heavy atom. The lowest BCUT2D eigenvalue weighted by Crippen LogP contribution is -3.09. The molecule has 0 bridgehead atoms. The Hall–Kier alpha value is -1.27. The molecule has 3 N–H and O–H groups in total. The number of quaternary nitrogens is 2. The summed E-state index contributed by atoms with van der Waals surface area (Å²) in [5, 5.41) is 2.10. The summed E-state index contributed by atoms with van der Waals surface area (Å²) in [5.41, 5.74) is -0.676. The number of nitrogens with one attached hydrogen (secondary N) is 1. The van der Waals surface area contributed by atoms with Crippen LogP contribution in [0.25, 0.3) is 0 Å². The van der Waals surface area contributed by atoms with Gasteiger partial charge in [0.05, 0.1) is 19.7 Å². The molecule has 0 spiro atoms. The lowest BCUT2D eigenvalue weighted by Gasteiger charge is -2.10. The molecule has 1 aromatic rings. The van der Waals surface area contributed by atoms with Gasteiger partial charge in [-0.3, -0.25) is 0 Å². The first-order chi connectivity index (χ1) is 8.89. The average molecular weight is 278 g/mol. The van der Waals surface area contributed by atoms with Gasteiger partial charge in [0.1, 0.15) is 32.0 Å². The number of nitrogens with two attached hydrogens (primary N) is 1. The van der Waals surface area contributed by atoms with Crippen molar-refractivity contribution in [2.75, 3.05) is 40.3 Å². The summed E-state index contributed by atoms with van der Waals surface area (Å²) in [5.74, 6) is 0.265. The van der Waals surface area contributed by atoms with Crippen LogP contribution >= 0.6 is 0 Å². The number of ether oxygens (including phenoxy) is 1. The summed E-state index contributed by atoms with van der Waals surface area (Å²) in [4.78, 5) is 1.37. The van der Waals surface area contributed by atoms with E-state index >= 15 is 0 Å². The van der Waals surface area contributed by atoms with E-state index in [9.17, 15) is 13.2 Å². The fraction of sp³-hybridized carbons (Fsp3) is 0.538. The number of hydrogen-bond acceptors (Lipinski definition) is 1. The van der Waals surface area contributed by atoms with Gasteiger partial charge >= 0.3 is 6.18 Å². The van der Waals surface area contributed by atoms with Crippen LogP contribution in [0.1, 0.15) is 5.56 Å². The van der Waals surface area contributed by atoms with Crippen LogP contribution < -0.4 is 15.0 Å². The van der Waals surface area contributed by atoms with Gasteiger partial charge in [-0.05, 0) is 18.2 Å². The summed E-state index contributed by atoms with van der Waals surface area (Å²) in [7, 11) is 4.15.